The summed E-state index contributed by atoms with van der Waals surface area (Å²) in [5.74, 6) is 0.841. The van der Waals surface area contributed by atoms with E-state index in [0.29, 0.717) is 11.7 Å². The molecule has 0 radical (unpaired) electrons. The number of Topliss-reactive ketones (excluding diaryl/α,β-unsaturated/α-hetero) is 1. The first-order chi connectivity index (χ1) is 12.1. The van der Waals surface area contributed by atoms with E-state index in [4.69, 9.17) is 0 Å². The van der Waals surface area contributed by atoms with Gasteiger partial charge in [-0.25, -0.2) is 0 Å². The van der Waals surface area contributed by atoms with E-state index in [1.165, 1.54) is 33.4 Å². The van der Waals surface area contributed by atoms with Crippen molar-refractivity contribution in [3.05, 3.63) is 39.0 Å². The van der Waals surface area contributed by atoms with Gasteiger partial charge in [-0.3, -0.25) is 4.79 Å². The Morgan fingerprint density at radius 2 is 1.50 bits per heavy atom. The minimum Gasteiger partial charge on any atom is -0.393 e. The normalized spacial score (nSPS) is 33.5. The molecule has 2 unspecified atom stereocenters. The molecule has 2 saturated carbocycles. The molecule has 1 aromatic rings. The second-order valence-corrected chi connectivity index (χ2v) is 9.07. The van der Waals surface area contributed by atoms with Crippen LogP contribution in [-0.2, 0) is 4.79 Å². The van der Waals surface area contributed by atoms with Gasteiger partial charge in [-0.1, -0.05) is 13.8 Å². The quantitative estimate of drug-likeness (QED) is 0.687. The average Bonchev–Trinajstić information content (AvgIpc) is 2.62. The Hall–Kier alpha value is -1.41. The van der Waals surface area contributed by atoms with Crippen molar-refractivity contribution in [3.63, 3.8) is 0 Å². The van der Waals surface area contributed by atoms with Gasteiger partial charge < -0.3 is 5.11 Å². The maximum Gasteiger partial charge on any atom is 0.165 e. The molecule has 0 amide bonds. The summed E-state index contributed by atoms with van der Waals surface area (Å²) in [5, 5.41) is 10.3. The summed E-state index contributed by atoms with van der Waals surface area (Å²) in [4.78, 5) is 13.4. The van der Waals surface area contributed by atoms with E-state index in [0.717, 1.165) is 31.3 Å². The van der Waals surface area contributed by atoms with E-state index in [-0.39, 0.29) is 17.4 Å². The van der Waals surface area contributed by atoms with Crippen LogP contribution in [0.15, 0.2) is 5.57 Å². The molecule has 0 heterocycles. The molecule has 26 heavy (non-hydrogen) atoms. The summed E-state index contributed by atoms with van der Waals surface area (Å²) in [6.07, 6.45) is 5.33. The van der Waals surface area contributed by atoms with Crippen LogP contribution in [-0.4, -0.2) is 17.0 Å². The van der Waals surface area contributed by atoms with Crippen LogP contribution in [0.4, 0.5) is 0 Å². The fraction of sp³-hybridized carbons (Fsp3) is 0.625. The monoisotopic (exact) mass is 354 g/mol. The van der Waals surface area contributed by atoms with Gasteiger partial charge in [0.15, 0.2) is 5.78 Å². The van der Waals surface area contributed by atoms with E-state index in [1.807, 2.05) is 0 Å². The van der Waals surface area contributed by atoms with Crippen molar-refractivity contribution in [2.45, 2.75) is 80.3 Å². The molecule has 4 atom stereocenters. The van der Waals surface area contributed by atoms with E-state index < -0.39 is 0 Å². The zero-order valence-electron chi connectivity index (χ0n) is 17.5. The van der Waals surface area contributed by atoms with Crippen molar-refractivity contribution >= 4 is 11.9 Å². The highest BCUT2D eigenvalue weighted by Crippen LogP contribution is 2.52. The molecule has 0 saturated heterocycles. The maximum absolute atomic E-state index is 13.4. The van der Waals surface area contributed by atoms with Gasteiger partial charge in [-0.2, -0.15) is 0 Å². The lowest BCUT2D eigenvalue weighted by Crippen LogP contribution is -2.50. The zero-order chi connectivity index (χ0) is 19.4. The van der Waals surface area contributed by atoms with Crippen LogP contribution in [0.25, 0.3) is 6.08 Å². The molecule has 2 heteroatoms. The Labute approximate surface area is 158 Å². The molecular formula is C24H34O2. The van der Waals surface area contributed by atoms with Crippen LogP contribution >= 0.6 is 0 Å². The SMILES string of the molecule is Cc1c(C)c(C)c(/C=C2\CCC3[C@H](C)C(O)CC[C@]3(C)C2=O)c(C)c1C. The highest BCUT2D eigenvalue weighted by atomic mass is 16.3. The second kappa shape index (κ2) is 6.64. The van der Waals surface area contributed by atoms with Crippen molar-refractivity contribution in [1.29, 1.82) is 0 Å². The van der Waals surface area contributed by atoms with E-state index in [2.05, 4.69) is 54.5 Å². The number of fused-ring (bicyclic) bond motifs is 1. The zero-order valence-corrected chi connectivity index (χ0v) is 17.5. The van der Waals surface area contributed by atoms with Crippen LogP contribution in [0.1, 0.15) is 72.9 Å². The third-order valence-corrected chi connectivity index (χ3v) is 7.93. The number of hydrogen-bond acceptors (Lipinski definition) is 2. The average molecular weight is 355 g/mol. The Morgan fingerprint density at radius 1 is 0.962 bits per heavy atom. The predicted molar refractivity (Wildman–Crippen MR) is 108 cm³/mol. The predicted octanol–water partition coefficient (Wildman–Crippen LogP) is 5.39. The standard InChI is InChI=1S/C24H34O2/c1-13-14(2)16(4)20(17(5)15(13)3)12-19-8-9-21-18(6)22(25)10-11-24(21,7)23(19)26/h12,18,21-22,25H,8-11H2,1-7H3/b19-12+/t18-,21?,22?,24-/m0/s1. The lowest BCUT2D eigenvalue weighted by Gasteiger charge is -2.49. The highest BCUT2D eigenvalue weighted by Gasteiger charge is 2.51. The molecule has 0 spiro atoms. The van der Waals surface area contributed by atoms with Crippen LogP contribution in [0.3, 0.4) is 0 Å². The van der Waals surface area contributed by atoms with Gasteiger partial charge in [0, 0.05) is 5.41 Å². The van der Waals surface area contributed by atoms with Gasteiger partial charge >= 0.3 is 0 Å². The fourth-order valence-corrected chi connectivity index (χ4v) is 5.46. The number of allylic oxidation sites excluding steroid dienone is 1. The Kier molecular flexibility index (Phi) is 4.94. The lowest BCUT2D eigenvalue weighted by atomic mass is 9.54. The number of carbonyl (C=O) groups excluding carboxylic acids is 1. The number of carbonyl (C=O) groups is 1. The van der Waals surface area contributed by atoms with Crippen LogP contribution in [0.2, 0.25) is 0 Å². The largest absolute Gasteiger partial charge is 0.393 e. The molecule has 2 nitrogen and oxygen atoms in total. The number of hydrogen-bond donors (Lipinski definition) is 1. The molecule has 0 bridgehead atoms. The number of aliphatic hydroxyl groups excluding tert-OH is 1. The molecule has 1 aromatic carbocycles. The Bertz CT molecular complexity index is 757. The van der Waals surface area contributed by atoms with Gasteiger partial charge in [-0.15, -0.1) is 0 Å². The van der Waals surface area contributed by atoms with Crippen LogP contribution in [0, 0.1) is 51.9 Å². The van der Waals surface area contributed by atoms with Gasteiger partial charge in [0.05, 0.1) is 6.10 Å². The van der Waals surface area contributed by atoms with E-state index in [1.54, 1.807) is 0 Å². The van der Waals surface area contributed by atoms with Crippen LogP contribution < -0.4 is 0 Å². The second-order valence-electron chi connectivity index (χ2n) is 9.07. The molecule has 2 fully saturated rings. The Balaban J connectivity index is 2.04. The van der Waals surface area contributed by atoms with E-state index in [9.17, 15) is 9.90 Å². The van der Waals surface area contributed by atoms with Crippen molar-refractivity contribution in [2.75, 3.05) is 0 Å². The van der Waals surface area contributed by atoms with Crippen molar-refractivity contribution in [3.8, 4) is 0 Å². The minimum atomic E-state index is -0.306. The van der Waals surface area contributed by atoms with E-state index >= 15 is 0 Å². The summed E-state index contributed by atoms with van der Waals surface area (Å²) >= 11 is 0. The summed E-state index contributed by atoms with van der Waals surface area (Å²) < 4.78 is 0. The number of rotatable bonds is 1. The van der Waals surface area contributed by atoms with Gasteiger partial charge in [0.1, 0.15) is 0 Å². The summed E-state index contributed by atoms with van der Waals surface area (Å²) in [7, 11) is 0. The molecule has 1 N–H and O–H groups in total. The van der Waals surface area contributed by atoms with Crippen molar-refractivity contribution in [2.24, 2.45) is 17.3 Å². The lowest BCUT2D eigenvalue weighted by molar-refractivity contribution is -0.137. The summed E-state index contributed by atoms with van der Waals surface area (Å²) in [5.41, 5.74) is 8.54. The maximum atomic E-state index is 13.4. The van der Waals surface area contributed by atoms with Gasteiger partial charge in [0.2, 0.25) is 0 Å². The van der Waals surface area contributed by atoms with Gasteiger partial charge in [0.25, 0.3) is 0 Å². The first-order valence-electron chi connectivity index (χ1n) is 10.1. The molecule has 142 valence electrons. The topological polar surface area (TPSA) is 37.3 Å². The van der Waals surface area contributed by atoms with Crippen molar-refractivity contribution < 1.29 is 9.90 Å². The minimum absolute atomic E-state index is 0.214. The molecule has 0 aliphatic heterocycles. The number of benzene rings is 1. The summed E-state index contributed by atoms with van der Waals surface area (Å²) in [6.45, 7) is 15.2. The van der Waals surface area contributed by atoms with Crippen LogP contribution in [0.5, 0.6) is 0 Å². The summed E-state index contributed by atoms with van der Waals surface area (Å²) in [6, 6.07) is 0. The number of aliphatic hydroxyl groups is 1. The number of ketones is 1. The molecule has 0 aromatic heterocycles. The first-order valence-corrected chi connectivity index (χ1v) is 10.1. The molecule has 2 aliphatic carbocycles. The Morgan fingerprint density at radius 3 is 2.08 bits per heavy atom. The molecular weight excluding hydrogens is 320 g/mol. The fourth-order valence-electron chi connectivity index (χ4n) is 5.46. The third-order valence-electron chi connectivity index (χ3n) is 7.93. The first kappa shape index (κ1) is 19.4. The van der Waals surface area contributed by atoms with Gasteiger partial charge in [-0.05, 0) is 117 Å². The smallest absolute Gasteiger partial charge is 0.165 e. The third kappa shape index (κ3) is 2.78. The highest BCUT2D eigenvalue weighted by molar-refractivity contribution is 6.04. The van der Waals surface area contributed by atoms with Crippen molar-refractivity contribution in [1.82, 2.24) is 0 Å². The molecule has 3 rings (SSSR count). The molecule has 2 aliphatic rings.